The lowest BCUT2D eigenvalue weighted by atomic mass is 9.85. The van der Waals surface area contributed by atoms with Crippen molar-refractivity contribution in [2.45, 2.75) is 24.7 Å². The van der Waals surface area contributed by atoms with Crippen LogP contribution in [0.3, 0.4) is 0 Å². The Morgan fingerprint density at radius 3 is 2.28 bits per heavy atom. The summed E-state index contributed by atoms with van der Waals surface area (Å²) < 4.78 is 28.7. The van der Waals surface area contributed by atoms with Gasteiger partial charge < -0.3 is 20.4 Å². The van der Waals surface area contributed by atoms with E-state index in [0.717, 1.165) is 17.3 Å². The number of nitrogens with one attached hydrogen (secondary N) is 3. The molecule has 0 saturated carbocycles. The molecular weight excluding hydrogens is 538 g/mol. The van der Waals surface area contributed by atoms with Crippen molar-refractivity contribution in [3.05, 3.63) is 100 Å². The maximum absolute atomic E-state index is 13.4. The minimum Gasteiger partial charge on any atom is -0.468 e. The van der Waals surface area contributed by atoms with Gasteiger partial charge in [-0.2, -0.15) is 5.26 Å². The molecule has 12 heteroatoms. The van der Waals surface area contributed by atoms with E-state index in [9.17, 15) is 23.3 Å². The zero-order chi connectivity index (χ0) is 28.2. The number of hydrogen-bond acceptors (Lipinski definition) is 8. The third-order valence-corrected chi connectivity index (χ3v) is 7.79. The molecule has 200 valence electrons. The summed E-state index contributed by atoms with van der Waals surface area (Å²) in [5.41, 5.74) is 3.00. The maximum atomic E-state index is 13.4. The van der Waals surface area contributed by atoms with Crippen LogP contribution >= 0.6 is 11.8 Å². The number of thioether (sulfide) groups is 1. The molecule has 4 rings (SSSR count). The van der Waals surface area contributed by atoms with Gasteiger partial charge in [0.05, 0.1) is 45.1 Å². The first-order valence-corrected chi connectivity index (χ1v) is 14.2. The number of carbonyl (C=O) groups is 2. The van der Waals surface area contributed by atoms with Gasteiger partial charge in [0.1, 0.15) is 5.76 Å². The van der Waals surface area contributed by atoms with Crippen molar-refractivity contribution in [3.63, 3.8) is 0 Å². The fourth-order valence-electron chi connectivity index (χ4n) is 3.97. The van der Waals surface area contributed by atoms with Crippen LogP contribution in [0.4, 0.5) is 11.4 Å². The largest absolute Gasteiger partial charge is 0.468 e. The number of anilines is 2. The fourth-order valence-corrected chi connectivity index (χ4v) is 5.37. The van der Waals surface area contributed by atoms with E-state index in [1.54, 1.807) is 19.1 Å². The molecule has 1 atom stereocenters. The molecule has 2 heterocycles. The number of sulfonamides is 1. The molecule has 2 aromatic carbocycles. The summed E-state index contributed by atoms with van der Waals surface area (Å²) in [6.45, 7) is 3.64. The van der Waals surface area contributed by atoms with E-state index in [1.807, 2.05) is 31.2 Å². The zero-order valence-corrected chi connectivity index (χ0v) is 22.7. The van der Waals surface area contributed by atoms with Crippen molar-refractivity contribution in [2.24, 2.45) is 5.14 Å². The molecular formula is C27H25N5O5S2. The molecule has 1 aromatic heterocycles. The number of nitrogens with zero attached hydrogens (tertiary/aromatic N) is 1. The number of carbonyl (C=O) groups excluding carboxylic acids is 2. The molecule has 0 radical (unpaired) electrons. The normalized spacial score (nSPS) is 15.4. The van der Waals surface area contributed by atoms with Crippen LogP contribution in [0.1, 0.15) is 24.2 Å². The summed E-state index contributed by atoms with van der Waals surface area (Å²) in [6.07, 6.45) is 1.45. The second-order valence-electron chi connectivity index (χ2n) is 8.69. The van der Waals surface area contributed by atoms with Gasteiger partial charge in [0.15, 0.2) is 0 Å². The first-order valence-electron chi connectivity index (χ1n) is 11.7. The number of benzene rings is 2. The number of furan rings is 1. The van der Waals surface area contributed by atoms with Crippen LogP contribution in [0.25, 0.3) is 0 Å². The predicted octanol–water partition coefficient (Wildman–Crippen LogP) is 3.94. The molecule has 3 aromatic rings. The van der Waals surface area contributed by atoms with Gasteiger partial charge in [-0.25, -0.2) is 13.6 Å². The minimum absolute atomic E-state index is 0.0253. The second kappa shape index (κ2) is 11.6. The number of rotatable bonds is 8. The van der Waals surface area contributed by atoms with E-state index in [-0.39, 0.29) is 27.7 Å². The third-order valence-electron chi connectivity index (χ3n) is 5.84. The van der Waals surface area contributed by atoms with Gasteiger partial charge in [-0.3, -0.25) is 9.59 Å². The average Bonchev–Trinajstić information content (AvgIpc) is 3.43. The average molecular weight is 564 g/mol. The van der Waals surface area contributed by atoms with Gasteiger partial charge in [0.2, 0.25) is 15.9 Å². The number of primary sulfonamides is 1. The highest BCUT2D eigenvalue weighted by Crippen LogP contribution is 2.41. The lowest BCUT2D eigenvalue weighted by Gasteiger charge is -2.28. The van der Waals surface area contributed by atoms with Crippen molar-refractivity contribution in [1.82, 2.24) is 5.32 Å². The van der Waals surface area contributed by atoms with E-state index in [4.69, 9.17) is 9.56 Å². The van der Waals surface area contributed by atoms with E-state index in [2.05, 4.69) is 22.0 Å². The summed E-state index contributed by atoms with van der Waals surface area (Å²) in [7, 11) is -3.88. The quantitative estimate of drug-likeness (QED) is 0.320. The van der Waals surface area contributed by atoms with E-state index in [1.165, 1.54) is 30.5 Å². The Labute approximate surface area is 230 Å². The summed E-state index contributed by atoms with van der Waals surface area (Å²) in [5.74, 6) is -1.20. The minimum atomic E-state index is -3.88. The van der Waals surface area contributed by atoms with Crippen LogP contribution in [-0.4, -0.2) is 26.0 Å². The molecule has 1 aliphatic rings. The molecule has 0 aliphatic carbocycles. The first-order chi connectivity index (χ1) is 18.6. The molecule has 10 nitrogen and oxygen atoms in total. The number of amides is 2. The van der Waals surface area contributed by atoms with Crippen LogP contribution < -0.4 is 21.1 Å². The highest BCUT2D eigenvalue weighted by Gasteiger charge is 2.36. The van der Waals surface area contributed by atoms with Gasteiger partial charge in [0, 0.05) is 17.1 Å². The Morgan fingerprint density at radius 2 is 1.69 bits per heavy atom. The van der Waals surface area contributed by atoms with Crippen molar-refractivity contribution >= 4 is 45.0 Å². The van der Waals surface area contributed by atoms with E-state index >= 15 is 0 Å². The topological polar surface area (TPSA) is 167 Å². The lowest BCUT2D eigenvalue weighted by Crippen LogP contribution is -2.31. The van der Waals surface area contributed by atoms with Gasteiger partial charge in [-0.1, -0.05) is 29.5 Å². The molecule has 1 aliphatic heterocycles. The van der Waals surface area contributed by atoms with E-state index < -0.39 is 21.8 Å². The summed E-state index contributed by atoms with van der Waals surface area (Å²) in [4.78, 5) is 25.9. The highest BCUT2D eigenvalue weighted by atomic mass is 32.2. The van der Waals surface area contributed by atoms with Crippen molar-refractivity contribution in [2.75, 3.05) is 16.4 Å². The second-order valence-corrected chi connectivity index (χ2v) is 11.2. The Kier molecular flexibility index (Phi) is 8.25. The first kappa shape index (κ1) is 27.7. The number of hydrogen-bond donors (Lipinski definition) is 4. The summed E-state index contributed by atoms with van der Waals surface area (Å²) >= 11 is 1.14. The Bertz CT molecular complexity index is 1600. The molecule has 0 bridgehead atoms. The van der Waals surface area contributed by atoms with Crippen molar-refractivity contribution < 1.29 is 22.4 Å². The Hall–Kier alpha value is -4.31. The number of allylic oxidation sites excluding steroid dienone is 2. The van der Waals surface area contributed by atoms with Crippen LogP contribution in [0.15, 0.2) is 98.1 Å². The molecule has 0 fully saturated rings. The standard InChI is InChI=1S/C27H25N5O5S2/c1-16-5-7-18(8-6-16)31-23(33)15-38-27-21(14-28)25(22-4-3-13-37-22)24(17(2)30-27)26(34)32-19-9-11-20(12-10-19)39(29,35)36/h3-13,25,30H,15H2,1-2H3,(H,31,33)(H,32,34)(H2,29,35,36)/t25-/m1/s1. The fraction of sp³-hybridized carbons (Fsp3) is 0.148. The molecule has 0 saturated heterocycles. The van der Waals surface area contributed by atoms with Crippen LogP contribution in [0, 0.1) is 18.3 Å². The van der Waals surface area contributed by atoms with Crippen LogP contribution in [0.2, 0.25) is 0 Å². The van der Waals surface area contributed by atoms with Gasteiger partial charge in [-0.05, 0) is 62.4 Å². The Balaban J connectivity index is 1.57. The zero-order valence-electron chi connectivity index (χ0n) is 21.0. The third kappa shape index (κ3) is 6.58. The van der Waals surface area contributed by atoms with E-state index in [0.29, 0.717) is 27.9 Å². The summed E-state index contributed by atoms with van der Waals surface area (Å²) in [5, 5.41) is 24.4. The van der Waals surface area contributed by atoms with Gasteiger partial charge in [0.25, 0.3) is 5.91 Å². The SMILES string of the molecule is CC1=C(C(=O)Nc2ccc(S(N)(=O)=O)cc2)[C@@H](c2ccco2)C(C#N)=C(SCC(=O)Nc2ccc(C)cc2)N1. The number of nitrogens with two attached hydrogens (primary N) is 1. The van der Waals surface area contributed by atoms with Crippen LogP contribution in [0.5, 0.6) is 0 Å². The lowest BCUT2D eigenvalue weighted by molar-refractivity contribution is -0.114. The number of nitriles is 1. The van der Waals surface area contributed by atoms with Crippen molar-refractivity contribution in [3.8, 4) is 6.07 Å². The molecule has 0 spiro atoms. The van der Waals surface area contributed by atoms with Gasteiger partial charge in [-0.15, -0.1) is 0 Å². The van der Waals surface area contributed by atoms with Gasteiger partial charge >= 0.3 is 0 Å². The van der Waals surface area contributed by atoms with Crippen LogP contribution in [-0.2, 0) is 19.6 Å². The summed E-state index contributed by atoms with van der Waals surface area (Å²) in [6, 6.07) is 18.3. The monoisotopic (exact) mass is 563 g/mol. The number of aryl methyl sites for hydroxylation is 1. The Morgan fingerprint density at radius 1 is 1.05 bits per heavy atom. The maximum Gasteiger partial charge on any atom is 0.254 e. The smallest absolute Gasteiger partial charge is 0.254 e. The molecule has 39 heavy (non-hydrogen) atoms. The highest BCUT2D eigenvalue weighted by molar-refractivity contribution is 8.03. The molecule has 5 N–H and O–H groups in total. The van der Waals surface area contributed by atoms with Crippen molar-refractivity contribution in [1.29, 1.82) is 5.26 Å². The molecule has 0 unspecified atom stereocenters. The predicted molar refractivity (Wildman–Crippen MR) is 149 cm³/mol. The molecule has 2 amide bonds. The number of dihydropyridines is 1.